The summed E-state index contributed by atoms with van der Waals surface area (Å²) in [5.74, 6) is -2.51. The number of aliphatic carboxylic acids is 2. The molecule has 98 valence electrons. The quantitative estimate of drug-likeness (QED) is 0.611. The van der Waals surface area contributed by atoms with E-state index in [0.29, 0.717) is 0 Å². The Hall–Kier alpha value is 0.680. The molecule has 0 atom stereocenters. The number of hydrogen-bond donors (Lipinski definition) is 2. The van der Waals surface area contributed by atoms with Crippen molar-refractivity contribution in [3.05, 3.63) is 11.1 Å². The van der Waals surface area contributed by atoms with Crippen LogP contribution in [0.3, 0.4) is 0 Å². The fourth-order valence-corrected chi connectivity index (χ4v) is 2.57. The van der Waals surface area contributed by atoms with E-state index in [9.17, 15) is 19.8 Å². The minimum atomic E-state index is -1.09. The van der Waals surface area contributed by atoms with Gasteiger partial charge in [0.05, 0.1) is 11.1 Å². The number of carbonyl (C=O) groups is 2. The second-order valence-corrected chi connectivity index (χ2v) is 4.93. The topological polar surface area (TPSA) is 74.6 Å². The third kappa shape index (κ3) is 6.32. The van der Waals surface area contributed by atoms with E-state index in [0.717, 1.165) is 32.1 Å². The Kier molecular flexibility index (Phi) is 12.0. The Labute approximate surface area is 158 Å². The van der Waals surface area contributed by atoms with Crippen LogP contribution in [0.15, 0.2) is 11.1 Å². The number of carboxylic acids is 2. The maximum atomic E-state index is 11.3. The smallest absolute Gasteiger partial charge is 0.332 e. The van der Waals surface area contributed by atoms with E-state index in [1.807, 2.05) is 0 Å². The van der Waals surface area contributed by atoms with Gasteiger partial charge in [-0.25, -0.2) is 9.59 Å². The molecule has 1 rings (SSSR count). The second kappa shape index (κ2) is 10.4. The molecule has 1 fully saturated rings. The SMILES string of the molecule is CC(C)C(C(=O)O)=C(C(=O)O)C1CCCCC1.[Na].[Na]. The average molecular weight is 286 g/mol. The molecule has 0 saturated heterocycles. The summed E-state index contributed by atoms with van der Waals surface area (Å²) in [5, 5.41) is 18.4. The van der Waals surface area contributed by atoms with E-state index in [2.05, 4.69) is 0 Å². The van der Waals surface area contributed by atoms with Crippen molar-refractivity contribution in [1.82, 2.24) is 0 Å². The van der Waals surface area contributed by atoms with E-state index >= 15 is 0 Å². The van der Waals surface area contributed by atoms with Gasteiger partial charge < -0.3 is 10.2 Å². The predicted molar refractivity (Wildman–Crippen MR) is 75.2 cm³/mol. The normalized spacial score (nSPS) is 17.0. The molecule has 2 radical (unpaired) electrons. The van der Waals surface area contributed by atoms with Crippen LogP contribution in [0.4, 0.5) is 0 Å². The van der Waals surface area contributed by atoms with Gasteiger partial charge >= 0.3 is 11.9 Å². The zero-order valence-electron chi connectivity index (χ0n) is 12.4. The fourth-order valence-electron chi connectivity index (χ4n) is 2.57. The fraction of sp³-hybridized carbons (Fsp3) is 0.692. The molecule has 1 aliphatic carbocycles. The monoisotopic (exact) mass is 286 g/mol. The number of rotatable bonds is 4. The standard InChI is InChI=1S/C13H20O4.2Na/c1-8(2)10(12(14)15)11(13(16)17)9-6-4-3-5-7-9;;/h8-9H,3-7H2,1-2H3,(H,14,15)(H,16,17);;. The molecule has 0 aromatic carbocycles. The third-order valence-corrected chi connectivity index (χ3v) is 3.34. The van der Waals surface area contributed by atoms with Crippen LogP contribution in [0.2, 0.25) is 0 Å². The van der Waals surface area contributed by atoms with Gasteiger partial charge in [-0.15, -0.1) is 0 Å². The summed E-state index contributed by atoms with van der Waals surface area (Å²) in [5.41, 5.74) is 0.205. The van der Waals surface area contributed by atoms with Crippen molar-refractivity contribution >= 4 is 71.1 Å². The van der Waals surface area contributed by atoms with E-state index in [1.54, 1.807) is 13.8 Å². The Bertz CT molecular complexity index is 345. The Morgan fingerprint density at radius 1 is 0.947 bits per heavy atom. The van der Waals surface area contributed by atoms with Gasteiger partial charge in [0.1, 0.15) is 0 Å². The predicted octanol–water partition coefficient (Wildman–Crippen LogP) is 1.93. The molecular weight excluding hydrogens is 266 g/mol. The molecule has 0 bridgehead atoms. The van der Waals surface area contributed by atoms with E-state index < -0.39 is 11.9 Å². The summed E-state index contributed by atoms with van der Waals surface area (Å²) in [6, 6.07) is 0. The molecule has 0 aromatic rings. The zero-order chi connectivity index (χ0) is 13.0. The van der Waals surface area contributed by atoms with Crippen molar-refractivity contribution in [2.45, 2.75) is 46.0 Å². The average Bonchev–Trinajstić information content (AvgIpc) is 2.25. The van der Waals surface area contributed by atoms with Gasteiger partial charge in [-0.2, -0.15) is 0 Å². The first-order valence-electron chi connectivity index (χ1n) is 6.15. The minimum Gasteiger partial charge on any atom is -0.478 e. The third-order valence-electron chi connectivity index (χ3n) is 3.34. The molecule has 6 heteroatoms. The van der Waals surface area contributed by atoms with E-state index in [4.69, 9.17) is 0 Å². The molecule has 19 heavy (non-hydrogen) atoms. The zero-order valence-corrected chi connectivity index (χ0v) is 16.4. The molecule has 0 amide bonds. The first-order chi connectivity index (χ1) is 7.95. The molecule has 0 heterocycles. The van der Waals surface area contributed by atoms with Gasteiger partial charge in [0.2, 0.25) is 0 Å². The summed E-state index contributed by atoms with van der Waals surface area (Å²) in [7, 11) is 0. The Morgan fingerprint density at radius 2 is 1.42 bits per heavy atom. The van der Waals surface area contributed by atoms with Gasteiger partial charge in [-0.1, -0.05) is 33.1 Å². The van der Waals surface area contributed by atoms with Crippen LogP contribution in [0.1, 0.15) is 46.0 Å². The molecule has 0 unspecified atom stereocenters. The summed E-state index contributed by atoms with van der Waals surface area (Å²) >= 11 is 0. The molecule has 0 aliphatic heterocycles. The van der Waals surface area contributed by atoms with Crippen molar-refractivity contribution < 1.29 is 19.8 Å². The van der Waals surface area contributed by atoms with Crippen LogP contribution in [-0.2, 0) is 9.59 Å². The number of hydrogen-bond acceptors (Lipinski definition) is 2. The van der Waals surface area contributed by atoms with Crippen LogP contribution < -0.4 is 0 Å². The maximum Gasteiger partial charge on any atom is 0.332 e. The summed E-state index contributed by atoms with van der Waals surface area (Å²) in [6.07, 6.45) is 4.70. The van der Waals surface area contributed by atoms with Crippen molar-refractivity contribution in [2.24, 2.45) is 11.8 Å². The molecule has 1 saturated carbocycles. The van der Waals surface area contributed by atoms with Gasteiger partial charge in [-0.05, 0) is 24.7 Å². The first-order valence-corrected chi connectivity index (χ1v) is 6.15. The van der Waals surface area contributed by atoms with Gasteiger partial charge in [0, 0.05) is 59.1 Å². The summed E-state index contributed by atoms with van der Waals surface area (Å²) < 4.78 is 0. The van der Waals surface area contributed by atoms with Gasteiger partial charge in [0.25, 0.3) is 0 Å². The van der Waals surface area contributed by atoms with Crippen LogP contribution in [0.5, 0.6) is 0 Å². The minimum absolute atomic E-state index is 0. The van der Waals surface area contributed by atoms with Gasteiger partial charge in [-0.3, -0.25) is 0 Å². The van der Waals surface area contributed by atoms with Crippen LogP contribution in [0, 0.1) is 11.8 Å². The molecule has 0 spiro atoms. The van der Waals surface area contributed by atoms with Crippen molar-refractivity contribution in [3.8, 4) is 0 Å². The Balaban J connectivity index is 0. The molecule has 0 aromatic heterocycles. The van der Waals surface area contributed by atoms with Crippen molar-refractivity contribution in [1.29, 1.82) is 0 Å². The summed E-state index contributed by atoms with van der Waals surface area (Å²) in [6.45, 7) is 3.46. The van der Waals surface area contributed by atoms with Crippen molar-refractivity contribution in [3.63, 3.8) is 0 Å². The van der Waals surface area contributed by atoms with Crippen LogP contribution in [-0.4, -0.2) is 81.3 Å². The number of carboxylic acid groups (broad SMARTS) is 2. The first kappa shape index (κ1) is 22.0. The molecule has 1 aliphatic rings. The van der Waals surface area contributed by atoms with Crippen molar-refractivity contribution in [2.75, 3.05) is 0 Å². The Morgan fingerprint density at radius 3 is 1.74 bits per heavy atom. The van der Waals surface area contributed by atoms with Crippen LogP contribution >= 0.6 is 0 Å². The van der Waals surface area contributed by atoms with Gasteiger partial charge in [0.15, 0.2) is 0 Å². The largest absolute Gasteiger partial charge is 0.478 e. The van der Waals surface area contributed by atoms with E-state index in [1.165, 1.54) is 0 Å². The van der Waals surface area contributed by atoms with Crippen LogP contribution in [0.25, 0.3) is 0 Å². The molecule has 4 nitrogen and oxygen atoms in total. The summed E-state index contributed by atoms with van der Waals surface area (Å²) in [4.78, 5) is 22.5. The molecule has 2 N–H and O–H groups in total. The van der Waals surface area contributed by atoms with E-state index in [-0.39, 0.29) is 82.1 Å². The second-order valence-electron chi connectivity index (χ2n) is 4.93. The molecular formula is C13H20Na2O4. The maximum absolute atomic E-state index is 11.3.